The molecule has 0 aliphatic carbocycles. The lowest BCUT2D eigenvalue weighted by Crippen LogP contribution is -2.52. The van der Waals surface area contributed by atoms with Gasteiger partial charge < -0.3 is 10.6 Å². The maximum atomic E-state index is 12.4. The summed E-state index contributed by atoms with van der Waals surface area (Å²) in [5.74, 6) is 0.415. The Labute approximate surface area is 128 Å². The van der Waals surface area contributed by atoms with Gasteiger partial charge in [-0.25, -0.2) is 0 Å². The van der Waals surface area contributed by atoms with Crippen molar-refractivity contribution in [2.75, 3.05) is 11.9 Å². The molecule has 20 heavy (non-hydrogen) atoms. The van der Waals surface area contributed by atoms with Gasteiger partial charge in [-0.2, -0.15) is 0 Å². The van der Waals surface area contributed by atoms with Gasteiger partial charge >= 0.3 is 0 Å². The standard InChI is InChI=1S/C16H26N2O.ClH/c1-6-10-16(4,17)15(19)18(5)14-9-7-8-13(11-14)12(2)3;/h7-9,11-12H,6,10,17H2,1-5H3;1H. The summed E-state index contributed by atoms with van der Waals surface area (Å²) in [7, 11) is 1.79. The van der Waals surface area contributed by atoms with Crippen LogP contribution in [0.15, 0.2) is 24.3 Å². The number of rotatable bonds is 5. The first-order chi connectivity index (χ1) is 8.79. The van der Waals surface area contributed by atoms with Crippen molar-refractivity contribution in [3.8, 4) is 0 Å². The summed E-state index contributed by atoms with van der Waals surface area (Å²) >= 11 is 0. The van der Waals surface area contributed by atoms with Crippen molar-refractivity contribution in [3.63, 3.8) is 0 Å². The topological polar surface area (TPSA) is 46.3 Å². The summed E-state index contributed by atoms with van der Waals surface area (Å²) in [5.41, 5.74) is 7.46. The molecule has 1 atom stereocenters. The van der Waals surface area contributed by atoms with Gasteiger partial charge in [0.2, 0.25) is 5.91 Å². The molecule has 1 rings (SSSR count). The Bertz CT molecular complexity index is 444. The second kappa shape index (κ2) is 7.65. The molecule has 4 heteroatoms. The van der Waals surface area contributed by atoms with Gasteiger partial charge in [0.1, 0.15) is 0 Å². The van der Waals surface area contributed by atoms with Gasteiger partial charge in [0.25, 0.3) is 0 Å². The van der Waals surface area contributed by atoms with Gasteiger partial charge in [-0.3, -0.25) is 4.79 Å². The van der Waals surface area contributed by atoms with Crippen molar-refractivity contribution in [3.05, 3.63) is 29.8 Å². The number of hydrogen-bond acceptors (Lipinski definition) is 2. The fourth-order valence-corrected chi connectivity index (χ4v) is 2.22. The first-order valence-corrected chi connectivity index (χ1v) is 6.96. The lowest BCUT2D eigenvalue weighted by Gasteiger charge is -2.29. The summed E-state index contributed by atoms with van der Waals surface area (Å²) in [6, 6.07) is 8.08. The number of hydrogen-bond donors (Lipinski definition) is 1. The number of likely N-dealkylation sites (N-methyl/N-ethyl adjacent to an activating group) is 1. The zero-order valence-electron chi connectivity index (χ0n) is 13.1. The average Bonchev–Trinajstić information content (AvgIpc) is 2.37. The molecule has 3 nitrogen and oxygen atoms in total. The Morgan fingerprint density at radius 1 is 1.40 bits per heavy atom. The maximum Gasteiger partial charge on any atom is 0.246 e. The molecule has 1 amide bonds. The third-order valence-electron chi connectivity index (χ3n) is 3.49. The van der Waals surface area contributed by atoms with Crippen molar-refractivity contribution < 1.29 is 4.79 Å². The van der Waals surface area contributed by atoms with Crippen LogP contribution in [-0.2, 0) is 4.79 Å². The highest BCUT2D eigenvalue weighted by Gasteiger charge is 2.30. The fraction of sp³-hybridized carbons (Fsp3) is 0.562. The van der Waals surface area contributed by atoms with Crippen LogP contribution in [0.25, 0.3) is 0 Å². The molecule has 1 unspecified atom stereocenters. The van der Waals surface area contributed by atoms with Gasteiger partial charge in [-0.05, 0) is 37.0 Å². The van der Waals surface area contributed by atoms with Gasteiger partial charge in [0, 0.05) is 12.7 Å². The molecule has 114 valence electrons. The van der Waals surface area contributed by atoms with Gasteiger partial charge in [-0.15, -0.1) is 12.4 Å². The molecular formula is C16H27ClN2O. The third kappa shape index (κ3) is 4.50. The Balaban J connectivity index is 0.00000361. The van der Waals surface area contributed by atoms with Crippen LogP contribution in [0.3, 0.4) is 0 Å². The van der Waals surface area contributed by atoms with E-state index in [0.717, 1.165) is 12.1 Å². The van der Waals surface area contributed by atoms with E-state index in [2.05, 4.69) is 26.0 Å². The third-order valence-corrected chi connectivity index (χ3v) is 3.49. The molecule has 0 saturated heterocycles. The van der Waals surface area contributed by atoms with Crippen LogP contribution in [-0.4, -0.2) is 18.5 Å². The van der Waals surface area contributed by atoms with Crippen LogP contribution in [0.2, 0.25) is 0 Å². The second-order valence-electron chi connectivity index (χ2n) is 5.78. The first kappa shape index (κ1) is 18.9. The Morgan fingerprint density at radius 3 is 2.50 bits per heavy atom. The largest absolute Gasteiger partial charge is 0.318 e. The molecule has 0 radical (unpaired) electrons. The van der Waals surface area contributed by atoms with E-state index in [1.54, 1.807) is 11.9 Å². The minimum atomic E-state index is -0.794. The van der Waals surface area contributed by atoms with Crippen LogP contribution >= 0.6 is 12.4 Å². The second-order valence-corrected chi connectivity index (χ2v) is 5.78. The van der Waals surface area contributed by atoms with Crippen LogP contribution in [0.5, 0.6) is 0 Å². The lowest BCUT2D eigenvalue weighted by atomic mass is 9.95. The minimum Gasteiger partial charge on any atom is -0.318 e. The highest BCUT2D eigenvalue weighted by atomic mass is 35.5. The SMILES string of the molecule is CCCC(C)(N)C(=O)N(C)c1cccc(C(C)C)c1.Cl. The van der Waals surface area contributed by atoms with Crippen molar-refractivity contribution in [1.82, 2.24) is 0 Å². The van der Waals surface area contributed by atoms with Crippen LogP contribution in [0, 0.1) is 0 Å². The summed E-state index contributed by atoms with van der Waals surface area (Å²) in [6.07, 6.45) is 1.60. The number of nitrogens with two attached hydrogens (primary N) is 1. The first-order valence-electron chi connectivity index (χ1n) is 6.96. The van der Waals surface area contributed by atoms with E-state index < -0.39 is 5.54 Å². The predicted molar refractivity (Wildman–Crippen MR) is 88.7 cm³/mol. The molecular weight excluding hydrogens is 272 g/mol. The zero-order chi connectivity index (χ0) is 14.6. The van der Waals surface area contributed by atoms with Crippen LogP contribution < -0.4 is 10.6 Å². The number of carbonyl (C=O) groups excluding carboxylic acids is 1. The van der Waals surface area contributed by atoms with E-state index in [4.69, 9.17) is 5.73 Å². The highest BCUT2D eigenvalue weighted by Crippen LogP contribution is 2.23. The number of carbonyl (C=O) groups is 1. The molecule has 0 heterocycles. The average molecular weight is 299 g/mol. The van der Waals surface area contributed by atoms with E-state index in [-0.39, 0.29) is 18.3 Å². The molecule has 0 saturated carbocycles. The Kier molecular flexibility index (Phi) is 7.25. The fourth-order valence-electron chi connectivity index (χ4n) is 2.22. The smallest absolute Gasteiger partial charge is 0.246 e. The molecule has 0 aliphatic rings. The van der Waals surface area contributed by atoms with E-state index in [1.807, 2.05) is 26.0 Å². The summed E-state index contributed by atoms with van der Waals surface area (Å²) in [4.78, 5) is 14.1. The molecule has 1 aromatic carbocycles. The van der Waals surface area contributed by atoms with Crippen LogP contribution in [0.4, 0.5) is 5.69 Å². The van der Waals surface area contributed by atoms with Gasteiger partial charge in [-0.1, -0.05) is 39.3 Å². The van der Waals surface area contributed by atoms with E-state index in [9.17, 15) is 4.79 Å². The van der Waals surface area contributed by atoms with Crippen molar-refractivity contribution in [2.45, 2.75) is 52.0 Å². The lowest BCUT2D eigenvalue weighted by molar-refractivity contribution is -0.123. The number of halogens is 1. The molecule has 0 spiro atoms. The monoisotopic (exact) mass is 298 g/mol. The summed E-state index contributed by atoms with van der Waals surface area (Å²) < 4.78 is 0. The zero-order valence-corrected chi connectivity index (χ0v) is 14.0. The quantitative estimate of drug-likeness (QED) is 0.900. The summed E-state index contributed by atoms with van der Waals surface area (Å²) in [5, 5.41) is 0. The number of anilines is 1. The number of benzene rings is 1. The maximum absolute atomic E-state index is 12.4. The Morgan fingerprint density at radius 2 is 2.00 bits per heavy atom. The molecule has 0 aromatic heterocycles. The highest BCUT2D eigenvalue weighted by molar-refractivity contribution is 5.99. The van der Waals surface area contributed by atoms with E-state index in [1.165, 1.54) is 5.56 Å². The number of nitrogens with zero attached hydrogens (tertiary/aromatic N) is 1. The number of amides is 1. The molecule has 1 aromatic rings. The molecule has 0 bridgehead atoms. The summed E-state index contributed by atoms with van der Waals surface area (Å²) in [6.45, 7) is 8.13. The Hall–Kier alpha value is -1.06. The van der Waals surface area contributed by atoms with Gasteiger partial charge in [0.15, 0.2) is 0 Å². The van der Waals surface area contributed by atoms with E-state index >= 15 is 0 Å². The molecule has 2 N–H and O–H groups in total. The van der Waals surface area contributed by atoms with Crippen molar-refractivity contribution >= 4 is 24.0 Å². The van der Waals surface area contributed by atoms with Crippen LogP contribution in [0.1, 0.15) is 52.0 Å². The molecule has 0 fully saturated rings. The predicted octanol–water partition coefficient (Wildman–Crippen LogP) is 3.71. The van der Waals surface area contributed by atoms with Crippen molar-refractivity contribution in [2.24, 2.45) is 5.73 Å². The normalized spacial score (nSPS) is 13.6. The minimum absolute atomic E-state index is 0. The van der Waals surface area contributed by atoms with Crippen molar-refractivity contribution in [1.29, 1.82) is 0 Å². The molecule has 0 aliphatic heterocycles. The van der Waals surface area contributed by atoms with E-state index in [0.29, 0.717) is 12.3 Å². The van der Waals surface area contributed by atoms with Gasteiger partial charge in [0.05, 0.1) is 5.54 Å².